The Morgan fingerprint density at radius 3 is 2.12 bits per heavy atom. The zero-order valence-electron chi connectivity index (χ0n) is 17.9. The minimum absolute atomic E-state index is 0.181. The normalized spacial score (nSPS) is 11.8. The number of carbonyl (C=O) groups excluding carboxylic acids is 2. The van der Waals surface area contributed by atoms with E-state index in [9.17, 15) is 14.4 Å². The molecule has 0 spiro atoms. The maximum Gasteiger partial charge on any atom is 0.259 e. The lowest BCUT2D eigenvalue weighted by atomic mass is 10.0. The molecule has 0 aliphatic carbocycles. The first-order chi connectivity index (χ1) is 15.4. The third kappa shape index (κ3) is 3.78. The van der Waals surface area contributed by atoms with Crippen molar-refractivity contribution in [1.29, 1.82) is 0 Å². The van der Waals surface area contributed by atoms with Crippen LogP contribution in [0.4, 0.5) is 11.4 Å². The van der Waals surface area contributed by atoms with Crippen LogP contribution in [0.2, 0.25) is 0 Å². The number of anilines is 2. The van der Waals surface area contributed by atoms with Gasteiger partial charge in [-0.15, -0.1) is 0 Å². The molecule has 3 aromatic carbocycles. The molecule has 32 heavy (non-hydrogen) atoms. The van der Waals surface area contributed by atoms with Crippen molar-refractivity contribution >= 4 is 34.0 Å². The first kappa shape index (κ1) is 21.1. The number of fused-ring (bicyclic) bond motifs is 1. The number of benzene rings is 3. The second-order valence-electron chi connectivity index (χ2n) is 7.61. The van der Waals surface area contributed by atoms with Crippen LogP contribution < -0.4 is 16.2 Å². The van der Waals surface area contributed by atoms with Crippen molar-refractivity contribution in [3.63, 3.8) is 0 Å². The molecule has 0 fully saturated rings. The number of pyridine rings is 1. The Kier molecular flexibility index (Phi) is 5.60. The Labute approximate surface area is 185 Å². The van der Waals surface area contributed by atoms with Gasteiger partial charge in [-0.25, -0.2) is 0 Å². The summed E-state index contributed by atoms with van der Waals surface area (Å²) in [5.74, 6) is -0.772. The summed E-state index contributed by atoms with van der Waals surface area (Å²) in [5, 5.41) is 1.03. The van der Waals surface area contributed by atoms with Gasteiger partial charge in [0.05, 0.1) is 5.69 Å². The molecule has 0 radical (unpaired) electrons. The lowest BCUT2D eigenvalue weighted by Gasteiger charge is -2.24. The summed E-state index contributed by atoms with van der Waals surface area (Å²) < 4.78 is 1.31. The van der Waals surface area contributed by atoms with Crippen LogP contribution in [0, 0.1) is 0 Å². The van der Waals surface area contributed by atoms with Gasteiger partial charge in [0.25, 0.3) is 5.56 Å². The third-order valence-electron chi connectivity index (χ3n) is 5.57. The number of primary amides is 1. The van der Waals surface area contributed by atoms with Gasteiger partial charge >= 0.3 is 0 Å². The molecule has 2 N–H and O–H groups in total. The summed E-state index contributed by atoms with van der Waals surface area (Å²) in [5.41, 5.74) is 8.46. The Balaban J connectivity index is 1.82. The van der Waals surface area contributed by atoms with Crippen LogP contribution in [0.25, 0.3) is 21.9 Å². The molecule has 0 aliphatic heterocycles. The number of nitrogens with two attached hydrogens (primary N) is 1. The van der Waals surface area contributed by atoms with E-state index >= 15 is 0 Å². The summed E-state index contributed by atoms with van der Waals surface area (Å²) in [4.78, 5) is 38.8. The van der Waals surface area contributed by atoms with Crippen molar-refractivity contribution < 1.29 is 9.59 Å². The van der Waals surface area contributed by atoms with Gasteiger partial charge in [0.2, 0.25) is 11.8 Å². The van der Waals surface area contributed by atoms with Gasteiger partial charge < -0.3 is 10.3 Å². The van der Waals surface area contributed by atoms with Gasteiger partial charge in [-0.1, -0.05) is 48.5 Å². The molecule has 4 rings (SSSR count). The standard InChI is InChI=1S/C26H23N3O3/c1-17(25(27)31)28-16-15-22-23(26(28)32)9-6-10-24(22)29(18(2)30)21-13-11-20(12-14-21)19-7-4-3-5-8-19/h3-17H,1-2H3,(H2,27,31). The van der Waals surface area contributed by atoms with E-state index in [0.29, 0.717) is 22.1 Å². The second-order valence-corrected chi connectivity index (χ2v) is 7.61. The van der Waals surface area contributed by atoms with E-state index in [1.165, 1.54) is 11.5 Å². The van der Waals surface area contributed by atoms with Gasteiger partial charge in [-0.05, 0) is 48.4 Å². The molecule has 1 unspecified atom stereocenters. The van der Waals surface area contributed by atoms with E-state index in [4.69, 9.17) is 5.73 Å². The lowest BCUT2D eigenvalue weighted by Crippen LogP contribution is -2.32. The summed E-state index contributed by atoms with van der Waals surface area (Å²) in [7, 11) is 0. The molecule has 6 nitrogen and oxygen atoms in total. The van der Waals surface area contributed by atoms with Gasteiger partial charge in [0.15, 0.2) is 0 Å². The Bertz CT molecular complexity index is 1360. The monoisotopic (exact) mass is 425 g/mol. The largest absolute Gasteiger partial charge is 0.368 e. The van der Waals surface area contributed by atoms with E-state index < -0.39 is 11.9 Å². The molecule has 0 aliphatic rings. The number of hydrogen-bond acceptors (Lipinski definition) is 3. The quantitative estimate of drug-likeness (QED) is 0.514. The van der Waals surface area contributed by atoms with Crippen molar-refractivity contribution in [2.45, 2.75) is 19.9 Å². The van der Waals surface area contributed by atoms with Crippen LogP contribution in [0.3, 0.4) is 0 Å². The molecule has 1 atom stereocenters. The molecule has 2 amide bonds. The van der Waals surface area contributed by atoms with Crippen LogP contribution in [-0.4, -0.2) is 16.4 Å². The molecule has 0 saturated carbocycles. The third-order valence-corrected chi connectivity index (χ3v) is 5.57. The SMILES string of the molecule is CC(=O)N(c1ccc(-c2ccccc2)cc1)c1cccc2c(=O)n(C(C)C(N)=O)ccc12. The first-order valence-electron chi connectivity index (χ1n) is 10.3. The second kappa shape index (κ2) is 8.51. The summed E-state index contributed by atoms with van der Waals surface area (Å²) in [6.07, 6.45) is 1.54. The Hall–Kier alpha value is -4.19. The number of amides is 2. The van der Waals surface area contributed by atoms with Gasteiger partial charge in [0, 0.05) is 29.6 Å². The fourth-order valence-corrected chi connectivity index (χ4v) is 3.84. The van der Waals surface area contributed by atoms with E-state index in [1.807, 2.05) is 54.6 Å². The van der Waals surface area contributed by atoms with Crippen molar-refractivity contribution in [2.24, 2.45) is 5.73 Å². The van der Waals surface area contributed by atoms with E-state index in [2.05, 4.69) is 0 Å². The Morgan fingerprint density at radius 2 is 1.50 bits per heavy atom. The van der Waals surface area contributed by atoms with E-state index in [-0.39, 0.29) is 11.5 Å². The summed E-state index contributed by atoms with van der Waals surface area (Å²) in [6, 6.07) is 23.9. The van der Waals surface area contributed by atoms with Crippen LogP contribution in [0.15, 0.2) is 89.9 Å². The van der Waals surface area contributed by atoms with Crippen LogP contribution in [0.5, 0.6) is 0 Å². The van der Waals surface area contributed by atoms with Crippen LogP contribution >= 0.6 is 0 Å². The number of carbonyl (C=O) groups is 2. The van der Waals surface area contributed by atoms with Crippen molar-refractivity contribution in [3.8, 4) is 11.1 Å². The zero-order valence-corrected chi connectivity index (χ0v) is 17.9. The zero-order chi connectivity index (χ0) is 22.8. The average Bonchev–Trinajstić information content (AvgIpc) is 2.80. The van der Waals surface area contributed by atoms with Gasteiger partial charge in [-0.3, -0.25) is 19.3 Å². The number of nitrogens with zero attached hydrogens (tertiary/aromatic N) is 2. The lowest BCUT2D eigenvalue weighted by molar-refractivity contribution is -0.120. The Morgan fingerprint density at radius 1 is 0.844 bits per heavy atom. The molecule has 0 saturated heterocycles. The van der Waals surface area contributed by atoms with Crippen molar-refractivity contribution in [2.75, 3.05) is 4.90 Å². The average molecular weight is 425 g/mol. The maximum absolute atomic E-state index is 13.0. The van der Waals surface area contributed by atoms with Crippen LogP contribution in [-0.2, 0) is 9.59 Å². The molecular weight excluding hydrogens is 402 g/mol. The summed E-state index contributed by atoms with van der Waals surface area (Å²) in [6.45, 7) is 3.07. The highest BCUT2D eigenvalue weighted by molar-refractivity contribution is 6.07. The number of rotatable bonds is 5. The highest BCUT2D eigenvalue weighted by Gasteiger charge is 2.20. The minimum Gasteiger partial charge on any atom is -0.368 e. The summed E-state index contributed by atoms with van der Waals surface area (Å²) >= 11 is 0. The molecule has 6 heteroatoms. The predicted molar refractivity (Wildman–Crippen MR) is 127 cm³/mol. The van der Waals surface area contributed by atoms with Crippen molar-refractivity contribution in [3.05, 3.63) is 95.4 Å². The smallest absolute Gasteiger partial charge is 0.259 e. The molecule has 4 aromatic rings. The topological polar surface area (TPSA) is 85.4 Å². The van der Waals surface area contributed by atoms with Crippen molar-refractivity contribution in [1.82, 2.24) is 4.57 Å². The van der Waals surface area contributed by atoms with Gasteiger partial charge in [0.1, 0.15) is 6.04 Å². The molecule has 160 valence electrons. The molecule has 1 aromatic heterocycles. The van der Waals surface area contributed by atoms with Crippen LogP contribution in [0.1, 0.15) is 19.9 Å². The molecule has 0 bridgehead atoms. The van der Waals surface area contributed by atoms with Gasteiger partial charge in [-0.2, -0.15) is 0 Å². The highest BCUT2D eigenvalue weighted by atomic mass is 16.2. The molecule has 1 heterocycles. The van der Waals surface area contributed by atoms with E-state index in [0.717, 1.165) is 11.1 Å². The number of hydrogen-bond donors (Lipinski definition) is 1. The van der Waals surface area contributed by atoms with E-state index in [1.54, 1.807) is 42.3 Å². The minimum atomic E-state index is -0.773. The maximum atomic E-state index is 13.0. The fourth-order valence-electron chi connectivity index (χ4n) is 3.84. The molecular formula is C26H23N3O3. The highest BCUT2D eigenvalue weighted by Crippen LogP contribution is 2.33. The first-order valence-corrected chi connectivity index (χ1v) is 10.3. The fraction of sp³-hybridized carbons (Fsp3) is 0.115. The number of aromatic nitrogens is 1. The predicted octanol–water partition coefficient (Wildman–Crippen LogP) is 4.40.